The van der Waals surface area contributed by atoms with Crippen LogP contribution in [0.1, 0.15) is 0 Å². The lowest BCUT2D eigenvalue weighted by atomic mass is 10.3. The van der Waals surface area contributed by atoms with Gasteiger partial charge >= 0.3 is 0 Å². The molecule has 0 aliphatic heterocycles. The van der Waals surface area contributed by atoms with Gasteiger partial charge in [-0.3, -0.25) is 0 Å². The molecule has 2 aromatic carbocycles. The predicted molar refractivity (Wildman–Crippen MR) is 78.4 cm³/mol. The Kier molecular flexibility index (Phi) is 3.85. The van der Waals surface area contributed by atoms with Crippen LogP contribution in [0.15, 0.2) is 48.5 Å². The fourth-order valence-corrected chi connectivity index (χ4v) is 2.04. The van der Waals surface area contributed by atoms with Crippen molar-refractivity contribution in [3.63, 3.8) is 0 Å². The Morgan fingerprint density at radius 1 is 0.733 bits per heavy atom. The van der Waals surface area contributed by atoms with Gasteiger partial charge < -0.3 is 4.74 Å². The molecule has 0 aliphatic carbocycles. The molecule has 0 saturated carbocycles. The zero-order chi connectivity index (χ0) is 10.7. The molecule has 2 aromatic rings. The highest BCUT2D eigenvalue weighted by Gasteiger charge is 1.97. The summed E-state index contributed by atoms with van der Waals surface area (Å²) in [6, 6.07) is 16.0. The van der Waals surface area contributed by atoms with E-state index in [0.29, 0.717) is 0 Å². The van der Waals surface area contributed by atoms with E-state index in [1.807, 2.05) is 48.5 Å². The predicted octanol–water partition coefficient (Wildman–Crippen LogP) is 4.69. The second-order valence-electron chi connectivity index (χ2n) is 3.01. The van der Waals surface area contributed by atoms with Crippen LogP contribution in [0.2, 0.25) is 0 Å². The van der Waals surface area contributed by atoms with E-state index in [-0.39, 0.29) is 0 Å². The highest BCUT2D eigenvalue weighted by Crippen LogP contribution is 2.23. The molecule has 1 nitrogen and oxygen atoms in total. The summed E-state index contributed by atoms with van der Waals surface area (Å²) in [4.78, 5) is 0. The number of benzene rings is 2. The minimum atomic E-state index is 0.873. The first-order valence-electron chi connectivity index (χ1n) is 4.43. The van der Waals surface area contributed by atoms with Gasteiger partial charge in [-0.05, 0) is 87.6 Å². The summed E-state index contributed by atoms with van der Waals surface area (Å²) in [6.45, 7) is 0. The fourth-order valence-electron chi connectivity index (χ4n) is 1.17. The van der Waals surface area contributed by atoms with Crippen LogP contribution in [-0.4, -0.2) is 0 Å². The van der Waals surface area contributed by atoms with Crippen LogP contribution in [0.5, 0.6) is 11.5 Å². The van der Waals surface area contributed by atoms with Crippen molar-refractivity contribution in [3.8, 4) is 11.5 Å². The third-order valence-corrected chi connectivity index (χ3v) is 3.24. The Balaban J connectivity index is 2.18. The zero-order valence-corrected chi connectivity index (χ0v) is 12.1. The van der Waals surface area contributed by atoms with Crippen molar-refractivity contribution >= 4 is 45.2 Å². The van der Waals surface area contributed by atoms with Gasteiger partial charge in [0.1, 0.15) is 11.5 Å². The largest absolute Gasteiger partial charge is 0.457 e. The molecule has 0 aliphatic rings. The Morgan fingerprint density at radius 2 is 1.47 bits per heavy atom. The zero-order valence-electron chi connectivity index (χ0n) is 7.78. The summed E-state index contributed by atoms with van der Waals surface area (Å²) in [7, 11) is 0. The molecular formula is C12H8I2O. The van der Waals surface area contributed by atoms with Crippen molar-refractivity contribution in [2.75, 3.05) is 0 Å². The van der Waals surface area contributed by atoms with Gasteiger partial charge in [0.25, 0.3) is 0 Å². The molecule has 0 radical (unpaired) electrons. The summed E-state index contributed by atoms with van der Waals surface area (Å²) in [5.41, 5.74) is 0. The first-order chi connectivity index (χ1) is 7.24. The normalized spacial score (nSPS) is 10.0. The summed E-state index contributed by atoms with van der Waals surface area (Å²) < 4.78 is 8.09. The average molecular weight is 422 g/mol. The van der Waals surface area contributed by atoms with Crippen molar-refractivity contribution in [1.29, 1.82) is 0 Å². The maximum Gasteiger partial charge on any atom is 0.128 e. The van der Waals surface area contributed by atoms with E-state index < -0.39 is 0 Å². The van der Waals surface area contributed by atoms with E-state index in [1.165, 1.54) is 7.14 Å². The highest BCUT2D eigenvalue weighted by molar-refractivity contribution is 14.1. The van der Waals surface area contributed by atoms with Gasteiger partial charge in [-0.1, -0.05) is 6.07 Å². The quantitative estimate of drug-likeness (QED) is 0.639. The van der Waals surface area contributed by atoms with Crippen LogP contribution in [0.3, 0.4) is 0 Å². The minimum Gasteiger partial charge on any atom is -0.457 e. The van der Waals surface area contributed by atoms with Gasteiger partial charge in [0.05, 0.1) is 0 Å². The van der Waals surface area contributed by atoms with Crippen molar-refractivity contribution in [3.05, 3.63) is 55.7 Å². The molecule has 76 valence electrons. The monoisotopic (exact) mass is 422 g/mol. The molecule has 0 N–H and O–H groups in total. The maximum atomic E-state index is 5.71. The Bertz CT molecular complexity index is 451. The van der Waals surface area contributed by atoms with Gasteiger partial charge in [0, 0.05) is 7.14 Å². The molecule has 2 rings (SSSR count). The first-order valence-corrected chi connectivity index (χ1v) is 6.59. The van der Waals surface area contributed by atoms with E-state index in [4.69, 9.17) is 4.74 Å². The number of ether oxygens (including phenoxy) is 1. The number of hydrogen-bond donors (Lipinski definition) is 0. The van der Waals surface area contributed by atoms with Gasteiger partial charge in [0.2, 0.25) is 0 Å². The molecular weight excluding hydrogens is 414 g/mol. The second-order valence-corrected chi connectivity index (χ2v) is 5.50. The average Bonchev–Trinajstić information content (AvgIpc) is 2.22. The van der Waals surface area contributed by atoms with E-state index in [1.54, 1.807) is 0 Å². The molecule has 15 heavy (non-hydrogen) atoms. The molecule has 0 spiro atoms. The lowest BCUT2D eigenvalue weighted by Crippen LogP contribution is -1.84. The molecule has 3 heteroatoms. The van der Waals surface area contributed by atoms with E-state index in [9.17, 15) is 0 Å². The molecule has 0 amide bonds. The van der Waals surface area contributed by atoms with Crippen LogP contribution >= 0.6 is 45.2 Å². The lowest BCUT2D eigenvalue weighted by Gasteiger charge is -2.05. The summed E-state index contributed by atoms with van der Waals surface area (Å²) in [6.07, 6.45) is 0. The van der Waals surface area contributed by atoms with Crippen molar-refractivity contribution in [2.24, 2.45) is 0 Å². The van der Waals surface area contributed by atoms with Crippen molar-refractivity contribution in [1.82, 2.24) is 0 Å². The fraction of sp³-hybridized carbons (Fsp3) is 0. The molecule has 0 saturated heterocycles. The molecule has 0 heterocycles. The van der Waals surface area contributed by atoms with Gasteiger partial charge in [0.15, 0.2) is 0 Å². The molecule has 0 aromatic heterocycles. The lowest BCUT2D eigenvalue weighted by molar-refractivity contribution is 0.482. The third-order valence-electron chi connectivity index (χ3n) is 1.85. The maximum absolute atomic E-state index is 5.71. The van der Waals surface area contributed by atoms with Crippen molar-refractivity contribution in [2.45, 2.75) is 0 Å². The second kappa shape index (κ2) is 5.16. The van der Waals surface area contributed by atoms with E-state index in [0.717, 1.165) is 11.5 Å². The minimum absolute atomic E-state index is 0.873. The number of halogens is 2. The molecule has 0 fully saturated rings. The van der Waals surface area contributed by atoms with Gasteiger partial charge in [-0.2, -0.15) is 0 Å². The number of rotatable bonds is 2. The first kappa shape index (κ1) is 11.2. The smallest absolute Gasteiger partial charge is 0.128 e. The van der Waals surface area contributed by atoms with Gasteiger partial charge in [-0.15, -0.1) is 0 Å². The van der Waals surface area contributed by atoms with Crippen molar-refractivity contribution < 1.29 is 4.74 Å². The highest BCUT2D eigenvalue weighted by atomic mass is 127. The van der Waals surface area contributed by atoms with Gasteiger partial charge in [-0.25, -0.2) is 0 Å². The Morgan fingerprint density at radius 3 is 2.13 bits per heavy atom. The topological polar surface area (TPSA) is 9.23 Å². The van der Waals surface area contributed by atoms with Crippen LogP contribution in [0, 0.1) is 7.14 Å². The summed E-state index contributed by atoms with van der Waals surface area (Å²) in [5, 5.41) is 0. The Hall–Kier alpha value is -0.300. The van der Waals surface area contributed by atoms with E-state index in [2.05, 4.69) is 45.2 Å². The Labute approximate surface area is 116 Å². The standard InChI is InChI=1S/C12H8I2O/c13-9-4-6-11(7-5-9)15-12-3-1-2-10(14)8-12/h1-8H. The van der Waals surface area contributed by atoms with Crippen LogP contribution in [0.25, 0.3) is 0 Å². The van der Waals surface area contributed by atoms with Crippen LogP contribution < -0.4 is 4.74 Å². The summed E-state index contributed by atoms with van der Waals surface area (Å²) in [5.74, 6) is 1.75. The molecule has 0 bridgehead atoms. The molecule has 0 atom stereocenters. The van der Waals surface area contributed by atoms with E-state index >= 15 is 0 Å². The van der Waals surface area contributed by atoms with Crippen LogP contribution in [0.4, 0.5) is 0 Å². The SMILES string of the molecule is Ic1ccc(Oc2cccc(I)c2)cc1. The third kappa shape index (κ3) is 3.34. The molecule has 0 unspecified atom stereocenters. The number of hydrogen-bond acceptors (Lipinski definition) is 1. The summed E-state index contributed by atoms with van der Waals surface area (Å²) >= 11 is 4.55. The van der Waals surface area contributed by atoms with Crippen LogP contribution in [-0.2, 0) is 0 Å².